The van der Waals surface area contributed by atoms with Gasteiger partial charge in [-0.2, -0.15) is 0 Å². The Balaban J connectivity index is 1.56. The van der Waals surface area contributed by atoms with E-state index >= 15 is 0 Å². The molecule has 1 aromatic heterocycles. The molecule has 0 saturated carbocycles. The van der Waals surface area contributed by atoms with Gasteiger partial charge >= 0.3 is 5.97 Å². The molecular weight excluding hydrogens is 379 g/mol. The smallest absolute Gasteiger partial charge is 0.347 e. The number of hydrogen-bond donors (Lipinski definition) is 0. The molecule has 0 aliphatic rings. The van der Waals surface area contributed by atoms with Crippen LogP contribution in [0, 0.1) is 0 Å². The summed E-state index contributed by atoms with van der Waals surface area (Å²) in [5.41, 5.74) is 0.784. The molecule has 0 unspecified atom stereocenters. The maximum Gasteiger partial charge on any atom is 0.347 e. The summed E-state index contributed by atoms with van der Waals surface area (Å²) in [4.78, 5) is 12.1. The van der Waals surface area contributed by atoms with Crippen LogP contribution in [-0.2, 0) is 16.1 Å². The van der Waals surface area contributed by atoms with Crippen LogP contribution >= 0.6 is 23.2 Å². The van der Waals surface area contributed by atoms with Gasteiger partial charge in [0.05, 0.1) is 5.02 Å². The van der Waals surface area contributed by atoms with Crippen LogP contribution in [0.15, 0.2) is 52.9 Å². The largest absolute Gasteiger partial charge is 0.477 e. The molecule has 0 amide bonds. The second-order valence-corrected chi connectivity index (χ2v) is 6.15. The van der Waals surface area contributed by atoms with Crippen LogP contribution in [0.3, 0.4) is 0 Å². The number of rotatable bonds is 6. The van der Waals surface area contributed by atoms with Crippen molar-refractivity contribution in [2.45, 2.75) is 19.6 Å². The average molecular weight is 393 g/mol. The number of nitrogens with zero attached hydrogens (tertiary/aromatic N) is 2. The molecule has 3 aromatic rings. The molecule has 3 rings (SSSR count). The molecule has 0 fully saturated rings. The maximum atomic E-state index is 12.1. The van der Waals surface area contributed by atoms with E-state index in [9.17, 15) is 4.79 Å². The van der Waals surface area contributed by atoms with Crippen molar-refractivity contribution >= 4 is 29.2 Å². The predicted octanol–water partition coefficient (Wildman–Crippen LogP) is 4.55. The zero-order chi connectivity index (χ0) is 18.5. The quantitative estimate of drug-likeness (QED) is 0.572. The lowest BCUT2D eigenvalue weighted by Gasteiger charge is -2.14. The first-order chi connectivity index (χ1) is 12.5. The van der Waals surface area contributed by atoms with Crippen LogP contribution in [-0.4, -0.2) is 22.3 Å². The summed E-state index contributed by atoms with van der Waals surface area (Å²) >= 11 is 11.8. The second-order valence-electron chi connectivity index (χ2n) is 5.31. The number of aromatic nitrogens is 2. The van der Waals surface area contributed by atoms with Gasteiger partial charge in [0.25, 0.3) is 5.89 Å². The van der Waals surface area contributed by atoms with E-state index in [0.717, 1.165) is 5.56 Å². The van der Waals surface area contributed by atoms with Crippen molar-refractivity contribution in [1.82, 2.24) is 10.2 Å². The van der Waals surface area contributed by atoms with Crippen molar-refractivity contribution in [3.05, 3.63) is 64.5 Å². The average Bonchev–Trinajstić information content (AvgIpc) is 3.11. The van der Waals surface area contributed by atoms with E-state index in [1.165, 1.54) is 6.07 Å². The van der Waals surface area contributed by atoms with Crippen molar-refractivity contribution in [1.29, 1.82) is 0 Å². The summed E-state index contributed by atoms with van der Waals surface area (Å²) in [7, 11) is 0. The molecule has 0 saturated heterocycles. The minimum Gasteiger partial charge on any atom is -0.477 e. The lowest BCUT2D eigenvalue weighted by molar-refractivity contribution is -0.153. The van der Waals surface area contributed by atoms with Gasteiger partial charge in [0.15, 0.2) is 12.7 Å². The highest BCUT2D eigenvalue weighted by molar-refractivity contribution is 6.35. The topological polar surface area (TPSA) is 74.5 Å². The van der Waals surface area contributed by atoms with Crippen LogP contribution in [0.1, 0.15) is 12.8 Å². The molecule has 1 heterocycles. The van der Waals surface area contributed by atoms with E-state index in [4.69, 9.17) is 37.1 Å². The summed E-state index contributed by atoms with van der Waals surface area (Å²) in [5, 5.41) is 8.57. The molecule has 0 N–H and O–H groups in total. The molecule has 0 spiro atoms. The lowest BCUT2D eigenvalue weighted by Crippen LogP contribution is -2.26. The number of carbonyl (C=O) groups is 1. The fourth-order valence-corrected chi connectivity index (χ4v) is 2.52. The molecule has 0 aliphatic carbocycles. The number of carbonyl (C=O) groups excluding carboxylic acids is 1. The summed E-state index contributed by atoms with van der Waals surface area (Å²) in [6.07, 6.45) is -0.870. The van der Waals surface area contributed by atoms with Crippen LogP contribution in [0.4, 0.5) is 0 Å². The van der Waals surface area contributed by atoms with Crippen molar-refractivity contribution in [2.75, 3.05) is 0 Å². The zero-order valence-corrected chi connectivity index (χ0v) is 15.2. The Labute approximate surface area is 159 Å². The van der Waals surface area contributed by atoms with Crippen molar-refractivity contribution in [3.63, 3.8) is 0 Å². The monoisotopic (exact) mass is 392 g/mol. The number of halogens is 2. The van der Waals surface area contributed by atoms with Gasteiger partial charge in [-0.05, 0) is 37.3 Å². The first kappa shape index (κ1) is 18.2. The fraction of sp³-hybridized carbons (Fsp3) is 0.167. The predicted molar refractivity (Wildman–Crippen MR) is 96.1 cm³/mol. The van der Waals surface area contributed by atoms with Crippen molar-refractivity contribution in [3.8, 4) is 17.2 Å². The summed E-state index contributed by atoms with van der Waals surface area (Å²) in [5.74, 6) is 0.294. The molecule has 0 aliphatic heterocycles. The minimum atomic E-state index is -0.870. The van der Waals surface area contributed by atoms with Crippen LogP contribution in [0.25, 0.3) is 11.5 Å². The van der Waals surface area contributed by atoms with Gasteiger partial charge in [0.1, 0.15) is 5.75 Å². The van der Waals surface area contributed by atoms with E-state index < -0.39 is 12.1 Å². The second kappa shape index (κ2) is 8.21. The summed E-state index contributed by atoms with van der Waals surface area (Å²) < 4.78 is 16.1. The third-order valence-corrected chi connectivity index (χ3v) is 3.89. The van der Waals surface area contributed by atoms with Crippen molar-refractivity contribution in [2.24, 2.45) is 0 Å². The molecule has 6 nitrogen and oxygen atoms in total. The Kier molecular flexibility index (Phi) is 5.75. The highest BCUT2D eigenvalue weighted by Gasteiger charge is 2.19. The fourth-order valence-electron chi connectivity index (χ4n) is 2.07. The molecule has 0 radical (unpaired) electrons. The number of ether oxygens (including phenoxy) is 2. The van der Waals surface area contributed by atoms with Crippen LogP contribution in [0.5, 0.6) is 5.75 Å². The molecule has 8 heteroatoms. The Morgan fingerprint density at radius 2 is 1.92 bits per heavy atom. The van der Waals surface area contributed by atoms with Gasteiger partial charge in [0, 0.05) is 10.6 Å². The number of esters is 1. The minimum absolute atomic E-state index is 0.152. The molecule has 26 heavy (non-hydrogen) atoms. The SMILES string of the molecule is C[C@H](Oc1ccc(Cl)cc1Cl)C(=O)OCc1nnc(-c2ccccc2)o1. The van der Waals surface area contributed by atoms with Gasteiger partial charge in [-0.3, -0.25) is 0 Å². The Bertz CT molecular complexity index is 899. The highest BCUT2D eigenvalue weighted by Crippen LogP contribution is 2.28. The van der Waals surface area contributed by atoms with E-state index in [2.05, 4.69) is 10.2 Å². The molecule has 1 atom stereocenters. The van der Waals surface area contributed by atoms with E-state index in [-0.39, 0.29) is 12.5 Å². The van der Waals surface area contributed by atoms with Gasteiger partial charge in [-0.1, -0.05) is 41.4 Å². The van der Waals surface area contributed by atoms with Gasteiger partial charge in [-0.25, -0.2) is 4.79 Å². The van der Waals surface area contributed by atoms with E-state index in [0.29, 0.717) is 21.7 Å². The Morgan fingerprint density at radius 1 is 1.15 bits per heavy atom. The normalized spacial score (nSPS) is 11.8. The Hall–Kier alpha value is -2.57. The number of hydrogen-bond acceptors (Lipinski definition) is 6. The third-order valence-electron chi connectivity index (χ3n) is 3.36. The van der Waals surface area contributed by atoms with E-state index in [1.54, 1.807) is 19.1 Å². The highest BCUT2D eigenvalue weighted by atomic mass is 35.5. The summed E-state index contributed by atoms with van der Waals surface area (Å²) in [6, 6.07) is 14.0. The molecule has 0 bridgehead atoms. The van der Waals surface area contributed by atoms with Crippen molar-refractivity contribution < 1.29 is 18.7 Å². The van der Waals surface area contributed by atoms with Crippen LogP contribution in [0.2, 0.25) is 10.0 Å². The zero-order valence-electron chi connectivity index (χ0n) is 13.7. The third kappa shape index (κ3) is 4.53. The molecular formula is C18H14Cl2N2O4. The lowest BCUT2D eigenvalue weighted by atomic mass is 10.2. The first-order valence-corrected chi connectivity index (χ1v) is 8.44. The first-order valence-electron chi connectivity index (χ1n) is 7.69. The van der Waals surface area contributed by atoms with E-state index in [1.807, 2.05) is 30.3 Å². The van der Waals surface area contributed by atoms with Gasteiger partial charge in [0.2, 0.25) is 5.89 Å². The van der Waals surface area contributed by atoms with Gasteiger partial charge in [-0.15, -0.1) is 10.2 Å². The maximum absolute atomic E-state index is 12.1. The molecule has 2 aromatic carbocycles. The van der Waals surface area contributed by atoms with Crippen LogP contribution < -0.4 is 4.74 Å². The molecule has 134 valence electrons. The standard InChI is InChI=1S/C18H14Cl2N2O4/c1-11(25-15-8-7-13(19)9-14(15)20)18(23)24-10-16-21-22-17(26-16)12-5-3-2-4-6-12/h2-9,11H,10H2,1H3/t11-/m0/s1. The summed E-state index contributed by atoms with van der Waals surface area (Å²) in [6.45, 7) is 1.40. The number of benzene rings is 2. The van der Waals surface area contributed by atoms with Gasteiger partial charge < -0.3 is 13.9 Å². The Morgan fingerprint density at radius 3 is 2.65 bits per heavy atom.